The lowest BCUT2D eigenvalue weighted by atomic mass is 9.79. The van der Waals surface area contributed by atoms with Crippen LogP contribution in [0.4, 0.5) is 0 Å². The first kappa shape index (κ1) is 14.2. The number of carbonyl (C=O) groups is 1. The predicted octanol–water partition coefficient (Wildman–Crippen LogP) is 2.06. The fraction of sp³-hybridized carbons (Fsp3) is 0.500. The maximum Gasteiger partial charge on any atom is 0.244 e. The van der Waals surface area contributed by atoms with E-state index in [1.54, 1.807) is 36.2 Å². The molecule has 1 aromatic heterocycles. The molecule has 2 N–H and O–H groups in total. The predicted molar refractivity (Wildman–Crippen MR) is 76.9 cm³/mol. The molecule has 1 aromatic rings. The Morgan fingerprint density at radius 1 is 1.74 bits per heavy atom. The molecule has 1 amide bonds. The van der Waals surface area contributed by atoms with Crippen molar-refractivity contribution in [3.8, 4) is 0 Å². The van der Waals surface area contributed by atoms with Gasteiger partial charge in [-0.3, -0.25) is 4.79 Å². The van der Waals surface area contributed by atoms with Crippen LogP contribution < -0.4 is 5.32 Å². The minimum atomic E-state index is -0.741. The largest absolute Gasteiger partial charge is 0.465 e. The van der Waals surface area contributed by atoms with Crippen LogP contribution in [0.15, 0.2) is 28.9 Å². The molecule has 104 valence electrons. The van der Waals surface area contributed by atoms with Crippen molar-refractivity contribution < 1.29 is 14.3 Å². The minimum Gasteiger partial charge on any atom is -0.465 e. The van der Waals surface area contributed by atoms with Gasteiger partial charge in [-0.05, 0) is 36.8 Å². The lowest BCUT2D eigenvalue weighted by Gasteiger charge is -2.44. The van der Waals surface area contributed by atoms with E-state index >= 15 is 0 Å². The number of carbonyl (C=O) groups excluding carboxylic acids is 1. The highest BCUT2D eigenvalue weighted by molar-refractivity contribution is 8.00. The number of furan rings is 1. The van der Waals surface area contributed by atoms with E-state index in [9.17, 15) is 9.90 Å². The molecule has 19 heavy (non-hydrogen) atoms. The Morgan fingerprint density at radius 3 is 3.16 bits per heavy atom. The van der Waals surface area contributed by atoms with Crippen molar-refractivity contribution in [1.82, 2.24) is 5.32 Å². The molecule has 0 aromatic carbocycles. The van der Waals surface area contributed by atoms with Gasteiger partial charge in [0.2, 0.25) is 5.91 Å². The van der Waals surface area contributed by atoms with Gasteiger partial charge in [-0.25, -0.2) is 0 Å². The Morgan fingerprint density at radius 2 is 2.58 bits per heavy atom. The summed E-state index contributed by atoms with van der Waals surface area (Å²) in [6, 6.07) is 3.54. The Bertz CT molecular complexity index is 444. The van der Waals surface area contributed by atoms with Crippen molar-refractivity contribution in [3.05, 3.63) is 30.2 Å². The van der Waals surface area contributed by atoms with E-state index in [-0.39, 0.29) is 11.2 Å². The molecule has 1 aliphatic rings. The molecule has 0 radical (unpaired) electrons. The number of amides is 1. The molecule has 1 fully saturated rings. The van der Waals surface area contributed by atoms with Crippen molar-refractivity contribution in [2.24, 2.45) is 0 Å². The summed E-state index contributed by atoms with van der Waals surface area (Å²) in [6.07, 6.45) is 6.36. The monoisotopic (exact) mass is 281 g/mol. The fourth-order valence-electron chi connectivity index (χ4n) is 2.08. The molecule has 1 aliphatic carbocycles. The van der Waals surface area contributed by atoms with E-state index in [2.05, 4.69) is 12.2 Å². The summed E-state index contributed by atoms with van der Waals surface area (Å²) in [5, 5.41) is 13.3. The lowest BCUT2D eigenvalue weighted by Crippen LogP contribution is -2.56. The Balaban J connectivity index is 1.77. The third-order valence-corrected chi connectivity index (χ3v) is 4.73. The van der Waals surface area contributed by atoms with E-state index in [0.29, 0.717) is 12.3 Å². The van der Waals surface area contributed by atoms with E-state index in [1.807, 2.05) is 0 Å². The second kappa shape index (κ2) is 6.30. The van der Waals surface area contributed by atoms with Gasteiger partial charge in [-0.1, -0.05) is 6.92 Å². The Hall–Kier alpha value is -1.20. The van der Waals surface area contributed by atoms with Gasteiger partial charge in [-0.2, -0.15) is 11.8 Å². The summed E-state index contributed by atoms with van der Waals surface area (Å²) < 4.78 is 5.09. The molecule has 0 aliphatic heterocycles. The average Bonchev–Trinajstić information content (AvgIpc) is 2.91. The van der Waals surface area contributed by atoms with Crippen LogP contribution in [0.2, 0.25) is 0 Å². The SMILES string of the molecule is CCSC1CCC1(O)CNC(=O)/C=C/c1ccco1. The van der Waals surface area contributed by atoms with Crippen molar-refractivity contribution in [2.75, 3.05) is 12.3 Å². The number of nitrogens with one attached hydrogen (secondary N) is 1. The highest BCUT2D eigenvalue weighted by Gasteiger charge is 2.45. The topological polar surface area (TPSA) is 62.5 Å². The third-order valence-electron chi connectivity index (χ3n) is 3.32. The molecule has 4 nitrogen and oxygen atoms in total. The second-order valence-electron chi connectivity index (χ2n) is 4.65. The quantitative estimate of drug-likeness (QED) is 0.783. The summed E-state index contributed by atoms with van der Waals surface area (Å²) in [5.41, 5.74) is -0.741. The minimum absolute atomic E-state index is 0.211. The van der Waals surface area contributed by atoms with E-state index in [1.165, 1.54) is 6.08 Å². The first-order valence-electron chi connectivity index (χ1n) is 6.47. The van der Waals surface area contributed by atoms with Crippen LogP contribution in [-0.4, -0.2) is 34.2 Å². The van der Waals surface area contributed by atoms with Gasteiger partial charge in [0.1, 0.15) is 5.76 Å². The summed E-state index contributed by atoms with van der Waals surface area (Å²) in [7, 11) is 0. The zero-order valence-electron chi connectivity index (χ0n) is 11.0. The van der Waals surface area contributed by atoms with Gasteiger partial charge >= 0.3 is 0 Å². The van der Waals surface area contributed by atoms with Crippen LogP contribution in [0.3, 0.4) is 0 Å². The second-order valence-corrected chi connectivity index (χ2v) is 6.13. The summed E-state index contributed by atoms with van der Waals surface area (Å²) in [4.78, 5) is 11.6. The standard InChI is InChI=1S/C14H19NO3S/c1-2-19-12-7-8-14(12,17)10-15-13(16)6-5-11-4-3-9-18-11/h3-6,9,12,17H,2,7-8,10H2,1H3,(H,15,16)/b6-5+. The third kappa shape index (κ3) is 3.64. The van der Waals surface area contributed by atoms with Crippen LogP contribution in [-0.2, 0) is 4.79 Å². The number of hydrogen-bond acceptors (Lipinski definition) is 4. The van der Waals surface area contributed by atoms with Gasteiger partial charge < -0.3 is 14.8 Å². The molecular weight excluding hydrogens is 262 g/mol. The Kier molecular flexibility index (Phi) is 4.71. The molecule has 2 unspecified atom stereocenters. The maximum atomic E-state index is 11.6. The maximum absolute atomic E-state index is 11.6. The zero-order valence-corrected chi connectivity index (χ0v) is 11.8. The number of rotatable bonds is 6. The van der Waals surface area contributed by atoms with E-state index < -0.39 is 5.60 Å². The Labute approximate surface area is 117 Å². The van der Waals surface area contributed by atoms with Crippen LogP contribution >= 0.6 is 11.8 Å². The van der Waals surface area contributed by atoms with Crippen LogP contribution in [0, 0.1) is 0 Å². The van der Waals surface area contributed by atoms with Gasteiger partial charge in [0.15, 0.2) is 0 Å². The fourth-order valence-corrected chi connectivity index (χ4v) is 3.28. The van der Waals surface area contributed by atoms with Gasteiger partial charge in [0.05, 0.1) is 11.9 Å². The van der Waals surface area contributed by atoms with Crippen molar-refractivity contribution >= 4 is 23.7 Å². The number of aliphatic hydroxyl groups is 1. The van der Waals surface area contributed by atoms with E-state index in [4.69, 9.17) is 4.42 Å². The molecular formula is C14H19NO3S. The number of thioether (sulfide) groups is 1. The molecule has 0 bridgehead atoms. The van der Waals surface area contributed by atoms with Crippen LogP contribution in [0.1, 0.15) is 25.5 Å². The first-order valence-corrected chi connectivity index (χ1v) is 7.52. The molecule has 0 spiro atoms. The highest BCUT2D eigenvalue weighted by atomic mass is 32.2. The van der Waals surface area contributed by atoms with Crippen molar-refractivity contribution in [3.63, 3.8) is 0 Å². The average molecular weight is 281 g/mol. The summed E-state index contributed by atoms with van der Waals surface area (Å²) in [6.45, 7) is 2.39. The smallest absolute Gasteiger partial charge is 0.244 e. The molecule has 1 heterocycles. The molecule has 2 atom stereocenters. The van der Waals surface area contributed by atoms with Gasteiger partial charge in [0.25, 0.3) is 0 Å². The molecule has 0 saturated heterocycles. The molecule has 2 rings (SSSR count). The van der Waals surface area contributed by atoms with Crippen LogP contribution in [0.5, 0.6) is 0 Å². The molecule has 1 saturated carbocycles. The van der Waals surface area contributed by atoms with E-state index in [0.717, 1.165) is 18.6 Å². The number of hydrogen-bond donors (Lipinski definition) is 2. The van der Waals surface area contributed by atoms with Gasteiger partial charge in [0, 0.05) is 17.9 Å². The van der Waals surface area contributed by atoms with Crippen LogP contribution in [0.25, 0.3) is 6.08 Å². The van der Waals surface area contributed by atoms with Gasteiger partial charge in [-0.15, -0.1) is 0 Å². The lowest BCUT2D eigenvalue weighted by molar-refractivity contribution is -0.118. The molecule has 5 heteroatoms. The van der Waals surface area contributed by atoms with Crippen molar-refractivity contribution in [2.45, 2.75) is 30.6 Å². The highest BCUT2D eigenvalue weighted by Crippen LogP contribution is 2.40. The van der Waals surface area contributed by atoms with Crippen molar-refractivity contribution in [1.29, 1.82) is 0 Å². The zero-order chi connectivity index (χ0) is 13.7. The summed E-state index contributed by atoms with van der Waals surface area (Å²) >= 11 is 1.75. The summed E-state index contributed by atoms with van der Waals surface area (Å²) in [5.74, 6) is 1.41. The normalized spacial score (nSPS) is 26.3. The first-order chi connectivity index (χ1) is 9.14.